The number of hydrogen-bond acceptors (Lipinski definition) is 3. The molecule has 1 aliphatic heterocycles. The number of benzene rings is 1. The van der Waals surface area contributed by atoms with E-state index < -0.39 is 48.5 Å². The molecule has 2 aromatic rings. The zero-order valence-electron chi connectivity index (χ0n) is 18.8. The van der Waals surface area contributed by atoms with Crippen molar-refractivity contribution in [2.24, 2.45) is 0 Å². The van der Waals surface area contributed by atoms with Gasteiger partial charge in [0.2, 0.25) is 0 Å². The maximum atomic E-state index is 8.40. The molecule has 104 valence electrons. The second kappa shape index (κ2) is 4.47. The van der Waals surface area contributed by atoms with Crippen molar-refractivity contribution in [1.29, 1.82) is 0 Å². The van der Waals surface area contributed by atoms with E-state index >= 15 is 0 Å². The molecule has 1 fully saturated rings. The molecule has 0 atom stereocenters. The zero-order chi connectivity index (χ0) is 20.5. The molecule has 0 spiro atoms. The van der Waals surface area contributed by atoms with Crippen molar-refractivity contribution < 1.29 is 18.9 Å². The second-order valence-corrected chi connectivity index (χ2v) is 5.61. The van der Waals surface area contributed by atoms with E-state index in [-0.39, 0.29) is 23.5 Å². The summed E-state index contributed by atoms with van der Waals surface area (Å²) in [6, 6.07) is -2.62. The van der Waals surface area contributed by atoms with Crippen LogP contribution in [0.3, 0.4) is 0 Å². The van der Waals surface area contributed by atoms with E-state index in [0.717, 1.165) is 4.68 Å². The van der Waals surface area contributed by atoms with Gasteiger partial charge in [0, 0.05) is 17.8 Å². The number of nitrogens with zero attached hydrogens (tertiary/aromatic N) is 2. The van der Waals surface area contributed by atoms with E-state index in [9.17, 15) is 0 Å². The van der Waals surface area contributed by atoms with Gasteiger partial charge in [-0.2, -0.15) is 5.10 Å². The van der Waals surface area contributed by atoms with E-state index in [2.05, 4.69) is 5.10 Å². The third-order valence-electron chi connectivity index (χ3n) is 3.68. The highest BCUT2D eigenvalue weighted by molar-refractivity contribution is 6.62. The largest absolute Gasteiger partial charge is 0.498 e. The highest BCUT2D eigenvalue weighted by atomic mass is 16.7. The highest BCUT2D eigenvalue weighted by Crippen LogP contribution is 2.36. The van der Waals surface area contributed by atoms with Gasteiger partial charge in [0.1, 0.15) is 0 Å². The first-order valence-electron chi connectivity index (χ1n) is 9.79. The van der Waals surface area contributed by atoms with Crippen molar-refractivity contribution in [1.82, 2.24) is 9.78 Å². The number of aromatic nitrogens is 2. The Hall–Kier alpha value is -1.59. The minimum Gasteiger partial charge on any atom is -0.399 e. The minimum absolute atomic E-state index is 0.0421. The summed E-state index contributed by atoms with van der Waals surface area (Å²) in [6.45, 7) is 7.33. The Kier molecular flexibility index (Phi) is 1.66. The molecule has 1 aliphatic rings. The Morgan fingerprint density at radius 2 is 1.70 bits per heavy atom. The van der Waals surface area contributed by atoms with Crippen molar-refractivity contribution >= 4 is 12.6 Å². The average molecular weight is 277 g/mol. The average Bonchev–Trinajstić information content (AvgIpc) is 2.95. The van der Waals surface area contributed by atoms with E-state index in [1.165, 1.54) is 0 Å². The SMILES string of the molecule is [2H]c1nn(-c2c([2H])c([2H])c([2H])c([2H])c2[2H])c([2H])c1B1OC(C)(C)C(C)(C)O1. The molecule has 2 heterocycles. The maximum absolute atomic E-state index is 8.40. The summed E-state index contributed by atoms with van der Waals surface area (Å²) in [4.78, 5) is 0. The van der Waals surface area contributed by atoms with Crippen LogP contribution in [0.1, 0.15) is 37.3 Å². The summed E-state index contributed by atoms with van der Waals surface area (Å²) >= 11 is 0. The summed E-state index contributed by atoms with van der Waals surface area (Å²) < 4.78 is 68.5. The van der Waals surface area contributed by atoms with Gasteiger partial charge in [-0.05, 0) is 39.8 Å². The monoisotopic (exact) mass is 277 g/mol. The first-order valence-corrected chi connectivity index (χ1v) is 6.29. The van der Waals surface area contributed by atoms with Crippen LogP contribution in [-0.4, -0.2) is 28.1 Å². The lowest BCUT2D eigenvalue weighted by atomic mass is 9.82. The van der Waals surface area contributed by atoms with Gasteiger partial charge in [-0.25, -0.2) is 4.68 Å². The molecular weight excluding hydrogens is 251 g/mol. The van der Waals surface area contributed by atoms with Crippen LogP contribution in [0.5, 0.6) is 0 Å². The van der Waals surface area contributed by atoms with E-state index in [4.69, 9.17) is 18.9 Å². The van der Waals surface area contributed by atoms with Crippen molar-refractivity contribution in [2.45, 2.75) is 38.9 Å². The van der Waals surface area contributed by atoms with Crippen molar-refractivity contribution in [2.75, 3.05) is 0 Å². The van der Waals surface area contributed by atoms with E-state index in [1.807, 2.05) is 27.7 Å². The standard InChI is InChI=1S/C15H19BN2O2/c1-14(2)15(3,4)20-16(19-14)12-10-17-18(11-12)13-8-6-5-7-9-13/h5-11H,1-4H3/i5D,6D,7D,8D,9D,10D,11D. The molecule has 0 unspecified atom stereocenters. The molecule has 1 aromatic heterocycles. The zero-order valence-corrected chi connectivity index (χ0v) is 11.8. The lowest BCUT2D eigenvalue weighted by molar-refractivity contribution is 0.00578. The van der Waals surface area contributed by atoms with Crippen LogP contribution in [0.15, 0.2) is 42.6 Å². The van der Waals surface area contributed by atoms with Crippen LogP contribution in [0, 0.1) is 0 Å². The molecular formula is C15H19BN2O2. The van der Waals surface area contributed by atoms with Gasteiger partial charge >= 0.3 is 7.12 Å². The normalized spacial score (nSPS) is 25.2. The number of rotatable bonds is 2. The molecule has 0 aliphatic carbocycles. The quantitative estimate of drug-likeness (QED) is 0.789. The van der Waals surface area contributed by atoms with E-state index in [0.29, 0.717) is 0 Å². The van der Waals surface area contributed by atoms with Gasteiger partial charge in [-0.1, -0.05) is 18.1 Å². The molecule has 1 aromatic carbocycles. The first-order chi connectivity index (χ1) is 12.3. The van der Waals surface area contributed by atoms with Crippen LogP contribution in [0.4, 0.5) is 0 Å². The van der Waals surface area contributed by atoms with Gasteiger partial charge in [-0.15, -0.1) is 0 Å². The summed E-state index contributed by atoms with van der Waals surface area (Å²) in [5.74, 6) is 0. The summed E-state index contributed by atoms with van der Waals surface area (Å²) in [6.07, 6.45) is -0.637. The summed E-state index contributed by atoms with van der Waals surface area (Å²) in [5, 5.41) is 3.92. The fourth-order valence-corrected chi connectivity index (χ4v) is 1.79. The van der Waals surface area contributed by atoms with Crippen LogP contribution in [-0.2, 0) is 9.31 Å². The lowest BCUT2D eigenvalue weighted by Crippen LogP contribution is -2.41. The smallest absolute Gasteiger partial charge is 0.399 e. The van der Waals surface area contributed by atoms with E-state index in [1.54, 1.807) is 0 Å². The minimum atomic E-state index is -1.02. The van der Waals surface area contributed by atoms with Crippen molar-refractivity contribution in [3.63, 3.8) is 0 Å². The van der Waals surface area contributed by atoms with Gasteiger partial charge in [0.05, 0.1) is 26.5 Å². The number of para-hydroxylation sites is 1. The Morgan fingerprint density at radius 1 is 1.10 bits per heavy atom. The molecule has 3 rings (SSSR count). The Balaban J connectivity index is 2.18. The Morgan fingerprint density at radius 3 is 2.30 bits per heavy atom. The Labute approximate surface area is 129 Å². The maximum Gasteiger partial charge on any atom is 0.498 e. The third-order valence-corrected chi connectivity index (χ3v) is 3.68. The van der Waals surface area contributed by atoms with Crippen LogP contribution in [0.2, 0.25) is 0 Å². The summed E-state index contributed by atoms with van der Waals surface area (Å²) in [7, 11) is -1.02. The molecule has 20 heavy (non-hydrogen) atoms. The van der Waals surface area contributed by atoms with Gasteiger partial charge in [0.25, 0.3) is 0 Å². The molecule has 4 nitrogen and oxygen atoms in total. The van der Waals surface area contributed by atoms with Crippen LogP contribution < -0.4 is 5.46 Å². The molecule has 0 radical (unpaired) electrons. The molecule has 0 N–H and O–H groups in total. The summed E-state index contributed by atoms with van der Waals surface area (Å²) in [5.41, 5.74) is -1.62. The molecule has 1 saturated heterocycles. The molecule has 0 saturated carbocycles. The van der Waals surface area contributed by atoms with Crippen LogP contribution in [0.25, 0.3) is 5.69 Å². The fraction of sp³-hybridized carbons (Fsp3) is 0.400. The van der Waals surface area contributed by atoms with Gasteiger partial charge in [0.15, 0.2) is 0 Å². The van der Waals surface area contributed by atoms with Crippen molar-refractivity contribution in [3.8, 4) is 5.69 Å². The first kappa shape index (κ1) is 7.43. The number of hydrogen-bond donors (Lipinski definition) is 0. The second-order valence-electron chi connectivity index (χ2n) is 5.61. The topological polar surface area (TPSA) is 36.3 Å². The highest BCUT2D eigenvalue weighted by Gasteiger charge is 2.52. The van der Waals surface area contributed by atoms with Crippen molar-refractivity contribution in [3.05, 3.63) is 42.6 Å². The lowest BCUT2D eigenvalue weighted by Gasteiger charge is -2.32. The van der Waals surface area contributed by atoms with Gasteiger partial charge < -0.3 is 9.31 Å². The Bertz CT molecular complexity index is 900. The molecule has 0 amide bonds. The van der Waals surface area contributed by atoms with Crippen LogP contribution >= 0.6 is 0 Å². The predicted octanol–water partition coefficient (Wildman–Crippen LogP) is 2.17. The third kappa shape index (κ3) is 2.17. The fourth-order valence-electron chi connectivity index (χ4n) is 1.79. The molecule has 5 heteroatoms. The van der Waals surface area contributed by atoms with Gasteiger partial charge in [-0.3, -0.25) is 0 Å². The predicted molar refractivity (Wildman–Crippen MR) is 79.3 cm³/mol. The molecule has 0 bridgehead atoms.